The number of aliphatic carboxylic acids is 1. The van der Waals surface area contributed by atoms with Gasteiger partial charge in [0.25, 0.3) is 0 Å². The van der Waals surface area contributed by atoms with E-state index in [0.717, 1.165) is 37.9 Å². The standard InChI is InChI=1S/C20H32O5.Na/c1-2-3-4-7-14(21)10-11-16-17-12-15(8-5-6-9-20(23)24)25-19(17)13-18(16)22;/h8,10-11,14,16-19,21-22H,2-7,9,12-13H2,1H3,(H,23,24);/q;+1/b11-10+,15-8-;/t14-,16+,17+,18+,19-;/m0./s1. The topological polar surface area (TPSA) is 87.0 Å². The Balaban J connectivity index is 0.00000338. The van der Waals surface area contributed by atoms with Gasteiger partial charge in [0.15, 0.2) is 0 Å². The van der Waals surface area contributed by atoms with Crippen molar-refractivity contribution in [3.8, 4) is 0 Å². The molecule has 26 heavy (non-hydrogen) atoms. The Morgan fingerprint density at radius 1 is 1.35 bits per heavy atom. The van der Waals surface area contributed by atoms with Crippen LogP contribution in [-0.4, -0.2) is 39.6 Å². The summed E-state index contributed by atoms with van der Waals surface area (Å²) < 4.78 is 5.94. The van der Waals surface area contributed by atoms with E-state index < -0.39 is 18.2 Å². The Bertz CT molecular complexity index is 491. The van der Waals surface area contributed by atoms with Gasteiger partial charge in [0.2, 0.25) is 0 Å². The van der Waals surface area contributed by atoms with Gasteiger partial charge in [-0.25, -0.2) is 0 Å². The van der Waals surface area contributed by atoms with Crippen molar-refractivity contribution in [3.05, 3.63) is 24.0 Å². The summed E-state index contributed by atoms with van der Waals surface area (Å²) in [6.07, 6.45) is 12.0. The van der Waals surface area contributed by atoms with Gasteiger partial charge in [-0.05, 0) is 25.3 Å². The quantitative estimate of drug-likeness (QED) is 0.293. The first-order valence-corrected chi connectivity index (χ1v) is 9.63. The van der Waals surface area contributed by atoms with Gasteiger partial charge >= 0.3 is 35.5 Å². The molecule has 3 N–H and O–H groups in total. The van der Waals surface area contributed by atoms with Gasteiger partial charge in [0.1, 0.15) is 6.10 Å². The number of aliphatic hydroxyl groups is 2. The average molecular weight is 375 g/mol. The molecule has 2 rings (SSSR count). The van der Waals surface area contributed by atoms with Gasteiger partial charge in [-0.3, -0.25) is 4.79 Å². The maximum Gasteiger partial charge on any atom is 1.00 e. The van der Waals surface area contributed by atoms with Crippen molar-refractivity contribution in [2.75, 3.05) is 0 Å². The fraction of sp³-hybridized carbons (Fsp3) is 0.750. The van der Waals surface area contributed by atoms with Gasteiger partial charge in [-0.2, -0.15) is 0 Å². The van der Waals surface area contributed by atoms with Crippen molar-refractivity contribution in [2.24, 2.45) is 11.8 Å². The summed E-state index contributed by atoms with van der Waals surface area (Å²) in [7, 11) is 0. The summed E-state index contributed by atoms with van der Waals surface area (Å²) in [5, 5.41) is 29.0. The van der Waals surface area contributed by atoms with E-state index in [4.69, 9.17) is 9.84 Å². The normalized spacial score (nSPS) is 30.2. The summed E-state index contributed by atoms with van der Waals surface area (Å²) in [5.74, 6) is 0.429. The van der Waals surface area contributed by atoms with E-state index in [9.17, 15) is 15.0 Å². The predicted octanol–water partition coefficient (Wildman–Crippen LogP) is 0.413. The molecule has 0 spiro atoms. The number of carbonyl (C=O) groups is 1. The zero-order valence-corrected chi connectivity index (χ0v) is 18.1. The largest absolute Gasteiger partial charge is 1.00 e. The molecule has 0 aromatic heterocycles. The van der Waals surface area contributed by atoms with E-state index in [1.165, 1.54) is 0 Å². The van der Waals surface area contributed by atoms with Crippen LogP contribution in [0.15, 0.2) is 24.0 Å². The molecule has 0 amide bonds. The summed E-state index contributed by atoms with van der Waals surface area (Å²) in [6, 6.07) is 0. The average Bonchev–Trinajstić information content (AvgIpc) is 3.06. The molecule has 1 aliphatic carbocycles. The number of allylic oxidation sites excluding steroid dienone is 2. The third kappa shape index (κ3) is 7.35. The van der Waals surface area contributed by atoms with E-state index in [-0.39, 0.29) is 53.9 Å². The predicted molar refractivity (Wildman–Crippen MR) is 96.0 cm³/mol. The van der Waals surface area contributed by atoms with E-state index in [0.29, 0.717) is 19.3 Å². The molecule has 6 heteroatoms. The zero-order chi connectivity index (χ0) is 18.2. The first-order valence-electron chi connectivity index (χ1n) is 9.63. The summed E-state index contributed by atoms with van der Waals surface area (Å²) in [5.41, 5.74) is 0. The molecule has 1 saturated carbocycles. The molecule has 1 aliphatic heterocycles. The van der Waals surface area contributed by atoms with Crippen LogP contribution in [0.1, 0.15) is 64.7 Å². The molecule has 1 heterocycles. The molecule has 5 nitrogen and oxygen atoms in total. The van der Waals surface area contributed by atoms with E-state index in [1.807, 2.05) is 18.2 Å². The summed E-state index contributed by atoms with van der Waals surface area (Å²) in [6.45, 7) is 2.14. The fourth-order valence-electron chi connectivity index (χ4n) is 3.86. The van der Waals surface area contributed by atoms with Crippen LogP contribution >= 0.6 is 0 Å². The monoisotopic (exact) mass is 375 g/mol. The first-order chi connectivity index (χ1) is 12.0. The molecule has 142 valence electrons. The minimum atomic E-state index is -0.770. The second kappa shape index (κ2) is 12.2. The molecule has 2 fully saturated rings. The van der Waals surface area contributed by atoms with Gasteiger partial charge in [-0.15, -0.1) is 0 Å². The molecule has 0 unspecified atom stereocenters. The number of fused-ring (bicyclic) bond motifs is 1. The van der Waals surface area contributed by atoms with Gasteiger partial charge in [0, 0.05) is 31.1 Å². The fourth-order valence-corrected chi connectivity index (χ4v) is 3.86. The molecule has 1 saturated heterocycles. The minimum Gasteiger partial charge on any atom is -0.495 e. The van der Waals surface area contributed by atoms with Gasteiger partial charge < -0.3 is 20.1 Å². The number of carboxylic acids is 1. The Kier molecular flexibility index (Phi) is 11.1. The molecule has 0 bridgehead atoms. The van der Waals surface area contributed by atoms with E-state index in [1.54, 1.807) is 0 Å². The number of ether oxygens (including phenoxy) is 1. The van der Waals surface area contributed by atoms with Crippen molar-refractivity contribution in [1.29, 1.82) is 0 Å². The SMILES string of the molecule is CCCCC[C@H](O)/C=C/[C@@H]1[C@H]2C/C(=C/CCCC(=O)O)O[C@H]2C[C@H]1O.[Na+]. The van der Waals surface area contributed by atoms with Crippen LogP contribution < -0.4 is 29.6 Å². The number of carboxylic acid groups (broad SMARTS) is 1. The third-order valence-electron chi connectivity index (χ3n) is 5.26. The van der Waals surface area contributed by atoms with Crippen LogP contribution in [0.3, 0.4) is 0 Å². The van der Waals surface area contributed by atoms with Crippen molar-refractivity contribution < 1.29 is 54.4 Å². The Morgan fingerprint density at radius 2 is 2.12 bits per heavy atom. The zero-order valence-electron chi connectivity index (χ0n) is 16.1. The number of hydrogen-bond acceptors (Lipinski definition) is 4. The Labute approximate surface area is 178 Å². The van der Waals surface area contributed by atoms with Crippen molar-refractivity contribution in [2.45, 2.75) is 83.0 Å². The second-order valence-corrected chi connectivity index (χ2v) is 7.31. The van der Waals surface area contributed by atoms with Crippen LogP contribution in [-0.2, 0) is 9.53 Å². The number of rotatable bonds is 10. The van der Waals surface area contributed by atoms with Crippen LogP contribution in [0.5, 0.6) is 0 Å². The van der Waals surface area contributed by atoms with E-state index in [2.05, 4.69) is 6.92 Å². The van der Waals surface area contributed by atoms with Gasteiger partial charge in [0.05, 0.1) is 18.0 Å². The third-order valence-corrected chi connectivity index (χ3v) is 5.26. The number of aliphatic hydroxyl groups excluding tert-OH is 2. The Hall–Kier alpha value is -0.330. The molecule has 0 radical (unpaired) electrons. The smallest absolute Gasteiger partial charge is 0.495 e. The van der Waals surface area contributed by atoms with Crippen molar-refractivity contribution >= 4 is 5.97 Å². The van der Waals surface area contributed by atoms with Crippen molar-refractivity contribution in [3.63, 3.8) is 0 Å². The summed E-state index contributed by atoms with van der Waals surface area (Å²) in [4.78, 5) is 10.5. The number of unbranched alkanes of at least 4 members (excludes halogenated alkanes) is 3. The van der Waals surface area contributed by atoms with Gasteiger partial charge in [-0.1, -0.05) is 38.3 Å². The molecular weight excluding hydrogens is 343 g/mol. The van der Waals surface area contributed by atoms with Crippen LogP contribution in [0.2, 0.25) is 0 Å². The molecular formula is C20H32NaO5+. The maximum absolute atomic E-state index is 10.5. The van der Waals surface area contributed by atoms with Crippen LogP contribution in [0.25, 0.3) is 0 Å². The Morgan fingerprint density at radius 3 is 2.81 bits per heavy atom. The van der Waals surface area contributed by atoms with Crippen LogP contribution in [0, 0.1) is 11.8 Å². The minimum absolute atomic E-state index is 0. The maximum atomic E-state index is 10.5. The molecule has 0 aromatic rings. The summed E-state index contributed by atoms with van der Waals surface area (Å²) >= 11 is 0. The first kappa shape index (κ1) is 23.7. The molecule has 0 aromatic carbocycles. The second-order valence-electron chi connectivity index (χ2n) is 7.31. The molecule has 2 aliphatic rings. The molecule has 5 atom stereocenters. The number of hydrogen-bond donors (Lipinski definition) is 3. The van der Waals surface area contributed by atoms with Crippen LogP contribution in [0.4, 0.5) is 0 Å². The van der Waals surface area contributed by atoms with Crippen molar-refractivity contribution in [1.82, 2.24) is 0 Å². The van der Waals surface area contributed by atoms with E-state index >= 15 is 0 Å².